The Morgan fingerprint density at radius 1 is 1.21 bits per heavy atom. The highest BCUT2D eigenvalue weighted by Gasteiger charge is 2.30. The first-order valence-corrected chi connectivity index (χ1v) is 7.21. The Morgan fingerprint density at radius 2 is 1.95 bits per heavy atom. The van der Waals surface area contributed by atoms with Crippen LogP contribution in [0.25, 0.3) is 0 Å². The number of carbonyl (C=O) groups is 1. The molecule has 0 bridgehead atoms. The minimum Gasteiger partial charge on any atom is -0.468 e. The highest BCUT2D eigenvalue weighted by atomic mass is 16.5. The monoisotopic (exact) mass is 271 g/mol. The highest BCUT2D eigenvalue weighted by Crippen LogP contribution is 2.24. The van der Waals surface area contributed by atoms with Crippen molar-refractivity contribution in [2.24, 2.45) is 0 Å². The number of methoxy groups -OCH3 is 2. The fourth-order valence-corrected chi connectivity index (χ4v) is 2.56. The molecule has 0 spiro atoms. The number of hydrogen-bond donors (Lipinski definition) is 1. The van der Waals surface area contributed by atoms with Crippen molar-refractivity contribution in [2.45, 2.75) is 62.8 Å². The first kappa shape index (κ1) is 14.8. The molecule has 0 radical (unpaired) electrons. The molecule has 5 nitrogen and oxygen atoms in total. The Bertz CT molecular complexity index is 293. The molecule has 2 fully saturated rings. The molecule has 0 aromatic rings. The molecule has 2 rings (SSSR count). The van der Waals surface area contributed by atoms with Crippen molar-refractivity contribution in [3.8, 4) is 0 Å². The van der Waals surface area contributed by atoms with Gasteiger partial charge in [0.05, 0.1) is 25.9 Å². The average Bonchev–Trinajstić information content (AvgIpc) is 3.26. The van der Waals surface area contributed by atoms with Crippen molar-refractivity contribution < 1.29 is 19.0 Å². The first-order chi connectivity index (χ1) is 9.22. The lowest BCUT2D eigenvalue weighted by atomic mass is 9.95. The average molecular weight is 271 g/mol. The molecule has 5 heteroatoms. The summed E-state index contributed by atoms with van der Waals surface area (Å²) in [7, 11) is 3.17. The van der Waals surface area contributed by atoms with E-state index in [4.69, 9.17) is 14.2 Å². The molecular weight excluding hydrogens is 246 g/mol. The summed E-state index contributed by atoms with van der Waals surface area (Å²) < 4.78 is 16.1. The van der Waals surface area contributed by atoms with E-state index in [0.717, 1.165) is 38.5 Å². The largest absolute Gasteiger partial charge is 0.468 e. The lowest BCUT2D eigenvalue weighted by molar-refractivity contribution is -0.146. The van der Waals surface area contributed by atoms with Crippen LogP contribution >= 0.6 is 0 Å². The van der Waals surface area contributed by atoms with Crippen molar-refractivity contribution in [3.05, 3.63) is 0 Å². The smallest absolute Gasteiger partial charge is 0.325 e. The van der Waals surface area contributed by atoms with Crippen LogP contribution in [0.3, 0.4) is 0 Å². The molecule has 2 aliphatic rings. The van der Waals surface area contributed by atoms with E-state index >= 15 is 0 Å². The molecule has 2 aliphatic carbocycles. The van der Waals surface area contributed by atoms with Gasteiger partial charge in [0.1, 0.15) is 6.04 Å². The molecule has 0 amide bonds. The van der Waals surface area contributed by atoms with E-state index in [1.165, 1.54) is 7.11 Å². The maximum Gasteiger partial charge on any atom is 0.325 e. The Hall–Kier alpha value is -0.650. The molecule has 1 N–H and O–H groups in total. The van der Waals surface area contributed by atoms with Gasteiger partial charge in [-0.2, -0.15) is 0 Å². The van der Waals surface area contributed by atoms with Crippen LogP contribution in [0.5, 0.6) is 0 Å². The van der Waals surface area contributed by atoms with E-state index in [9.17, 15) is 4.79 Å². The summed E-state index contributed by atoms with van der Waals surface area (Å²) in [5, 5.41) is 3.28. The first-order valence-electron chi connectivity index (χ1n) is 7.21. The Labute approximate surface area is 115 Å². The topological polar surface area (TPSA) is 56.8 Å². The van der Waals surface area contributed by atoms with Crippen LogP contribution in [0, 0.1) is 0 Å². The fourth-order valence-electron chi connectivity index (χ4n) is 2.56. The number of nitrogens with one attached hydrogen (secondary N) is 1. The van der Waals surface area contributed by atoms with Gasteiger partial charge in [-0.15, -0.1) is 0 Å². The van der Waals surface area contributed by atoms with Gasteiger partial charge in [0, 0.05) is 13.2 Å². The van der Waals surface area contributed by atoms with E-state index in [2.05, 4.69) is 5.32 Å². The van der Waals surface area contributed by atoms with Crippen LogP contribution in [0.1, 0.15) is 38.5 Å². The quantitative estimate of drug-likeness (QED) is 0.706. The second kappa shape index (κ2) is 7.22. The molecule has 0 aliphatic heterocycles. The molecule has 0 aromatic carbocycles. The maximum atomic E-state index is 11.7. The van der Waals surface area contributed by atoms with Crippen molar-refractivity contribution in [1.82, 2.24) is 5.32 Å². The zero-order chi connectivity index (χ0) is 13.7. The summed E-state index contributed by atoms with van der Waals surface area (Å²) in [5.41, 5.74) is 0. The summed E-state index contributed by atoms with van der Waals surface area (Å²) in [6.07, 6.45) is 6.99. The Kier molecular flexibility index (Phi) is 5.60. The van der Waals surface area contributed by atoms with Crippen LogP contribution < -0.4 is 5.32 Å². The van der Waals surface area contributed by atoms with Crippen LogP contribution in [-0.4, -0.2) is 51.1 Å². The zero-order valence-corrected chi connectivity index (χ0v) is 11.9. The minimum atomic E-state index is -0.333. The van der Waals surface area contributed by atoms with Gasteiger partial charge in [-0.3, -0.25) is 10.1 Å². The van der Waals surface area contributed by atoms with Crippen LogP contribution in [-0.2, 0) is 19.0 Å². The Balaban J connectivity index is 1.75. The van der Waals surface area contributed by atoms with Crippen molar-refractivity contribution >= 4 is 5.97 Å². The van der Waals surface area contributed by atoms with Crippen LogP contribution in [0.2, 0.25) is 0 Å². The molecule has 3 unspecified atom stereocenters. The molecule has 0 saturated heterocycles. The van der Waals surface area contributed by atoms with E-state index in [-0.39, 0.29) is 18.1 Å². The number of ether oxygens (including phenoxy) is 3. The third-order valence-electron chi connectivity index (χ3n) is 3.91. The lowest BCUT2D eigenvalue weighted by Gasteiger charge is -2.29. The van der Waals surface area contributed by atoms with Gasteiger partial charge < -0.3 is 14.2 Å². The predicted molar refractivity (Wildman–Crippen MR) is 71.0 cm³/mol. The molecule has 110 valence electrons. The maximum absolute atomic E-state index is 11.7. The molecule has 19 heavy (non-hydrogen) atoms. The number of esters is 1. The van der Waals surface area contributed by atoms with Crippen LogP contribution in [0.4, 0.5) is 0 Å². The van der Waals surface area contributed by atoms with Crippen molar-refractivity contribution in [2.75, 3.05) is 20.8 Å². The zero-order valence-electron chi connectivity index (χ0n) is 11.9. The van der Waals surface area contributed by atoms with Gasteiger partial charge in [0.25, 0.3) is 0 Å². The lowest BCUT2D eigenvalue weighted by Crippen LogP contribution is -2.44. The minimum absolute atomic E-state index is 0.201. The van der Waals surface area contributed by atoms with Crippen molar-refractivity contribution in [1.29, 1.82) is 0 Å². The highest BCUT2D eigenvalue weighted by molar-refractivity contribution is 5.75. The molecular formula is C14H25NO4. The third-order valence-corrected chi connectivity index (χ3v) is 3.91. The number of carbonyl (C=O) groups excluding carboxylic acids is 1. The summed E-state index contributed by atoms with van der Waals surface area (Å²) in [6.45, 7) is 0.393. The second-order valence-corrected chi connectivity index (χ2v) is 5.50. The number of rotatable bonds is 7. The summed E-state index contributed by atoms with van der Waals surface area (Å²) in [6, 6.07) is 0.131. The van der Waals surface area contributed by atoms with Crippen molar-refractivity contribution in [3.63, 3.8) is 0 Å². The predicted octanol–water partition coefficient (Wildman–Crippen LogP) is 1.25. The van der Waals surface area contributed by atoms with Gasteiger partial charge in [-0.05, 0) is 38.5 Å². The van der Waals surface area contributed by atoms with Gasteiger partial charge in [0.2, 0.25) is 0 Å². The molecule has 2 saturated carbocycles. The summed E-state index contributed by atoms with van der Waals surface area (Å²) in [4.78, 5) is 11.7. The van der Waals surface area contributed by atoms with E-state index < -0.39 is 0 Å². The summed E-state index contributed by atoms with van der Waals surface area (Å²) >= 11 is 0. The normalized spacial score (nSPS) is 28.9. The molecule has 3 atom stereocenters. The van der Waals surface area contributed by atoms with Crippen LogP contribution in [0.15, 0.2) is 0 Å². The molecule has 0 aromatic heterocycles. The SMILES string of the molecule is COC(=O)C(COC1CCCC(OC)C1)NC1CC1. The standard InChI is InChI=1S/C14H25NO4/c1-17-11-4-3-5-12(8-11)19-9-13(14(16)18-2)15-10-6-7-10/h10-13,15H,3-9H2,1-2H3. The number of hydrogen-bond acceptors (Lipinski definition) is 5. The van der Waals surface area contributed by atoms with E-state index in [1.807, 2.05) is 0 Å². The second-order valence-electron chi connectivity index (χ2n) is 5.50. The summed E-state index contributed by atoms with van der Waals surface area (Å²) in [5.74, 6) is -0.231. The van der Waals surface area contributed by atoms with Gasteiger partial charge in [0.15, 0.2) is 0 Å². The van der Waals surface area contributed by atoms with E-state index in [1.54, 1.807) is 7.11 Å². The third kappa shape index (κ3) is 4.75. The van der Waals surface area contributed by atoms with E-state index in [0.29, 0.717) is 18.8 Å². The van der Waals surface area contributed by atoms with Gasteiger partial charge in [-0.25, -0.2) is 0 Å². The Morgan fingerprint density at radius 3 is 2.58 bits per heavy atom. The molecule has 0 heterocycles. The van der Waals surface area contributed by atoms with Gasteiger partial charge >= 0.3 is 5.97 Å². The van der Waals surface area contributed by atoms with Gasteiger partial charge in [-0.1, -0.05) is 0 Å². The fraction of sp³-hybridized carbons (Fsp3) is 0.929.